The molecule has 0 bridgehead atoms. The molecule has 2 rings (SSSR count). The second-order valence-corrected chi connectivity index (χ2v) is 5.91. The van der Waals surface area contributed by atoms with E-state index in [4.69, 9.17) is 0 Å². The molecule has 1 heterocycles. The molecule has 3 heteroatoms. The number of nitrogens with one attached hydrogen (secondary N) is 1. The van der Waals surface area contributed by atoms with Crippen LogP contribution in [0, 0.1) is 5.41 Å². The summed E-state index contributed by atoms with van der Waals surface area (Å²) in [5.74, 6) is 0.445. The van der Waals surface area contributed by atoms with Crippen LogP contribution in [-0.4, -0.2) is 36.5 Å². The normalized spacial score (nSPS) is 24.1. The van der Waals surface area contributed by atoms with Gasteiger partial charge in [0.05, 0.1) is 5.41 Å². The van der Waals surface area contributed by atoms with Gasteiger partial charge in [0.15, 0.2) is 0 Å². The first kappa shape index (κ1) is 13.9. The molecule has 0 aromatic rings. The SMILES string of the molecule is CCN(C(=O)C1(CC)CCNCC1)C1CCCC1. The minimum absolute atomic E-state index is 0.0656. The molecule has 1 amide bonds. The number of piperidine rings is 1. The Labute approximate surface area is 111 Å². The van der Waals surface area contributed by atoms with E-state index >= 15 is 0 Å². The Bertz CT molecular complexity index is 278. The van der Waals surface area contributed by atoms with E-state index in [2.05, 4.69) is 24.1 Å². The zero-order valence-electron chi connectivity index (χ0n) is 12.0. The Morgan fingerprint density at radius 3 is 2.33 bits per heavy atom. The van der Waals surface area contributed by atoms with E-state index in [1.165, 1.54) is 25.7 Å². The maximum Gasteiger partial charge on any atom is 0.229 e. The molecular formula is C15H28N2O. The van der Waals surface area contributed by atoms with Gasteiger partial charge in [-0.2, -0.15) is 0 Å². The van der Waals surface area contributed by atoms with Gasteiger partial charge in [-0.3, -0.25) is 4.79 Å². The molecule has 104 valence electrons. The molecule has 2 fully saturated rings. The molecule has 18 heavy (non-hydrogen) atoms. The van der Waals surface area contributed by atoms with Gasteiger partial charge in [-0.05, 0) is 52.1 Å². The van der Waals surface area contributed by atoms with Crippen LogP contribution in [0.2, 0.25) is 0 Å². The molecule has 0 radical (unpaired) electrons. The lowest BCUT2D eigenvalue weighted by Crippen LogP contribution is -2.51. The van der Waals surface area contributed by atoms with Gasteiger partial charge in [0.25, 0.3) is 0 Å². The molecule has 1 saturated heterocycles. The summed E-state index contributed by atoms with van der Waals surface area (Å²) in [4.78, 5) is 15.2. The summed E-state index contributed by atoms with van der Waals surface area (Å²) >= 11 is 0. The quantitative estimate of drug-likeness (QED) is 0.834. The van der Waals surface area contributed by atoms with Gasteiger partial charge in [0.1, 0.15) is 0 Å². The molecule has 0 unspecified atom stereocenters. The van der Waals surface area contributed by atoms with Gasteiger partial charge < -0.3 is 10.2 Å². The second-order valence-electron chi connectivity index (χ2n) is 5.91. The Morgan fingerprint density at radius 2 is 1.83 bits per heavy atom. The summed E-state index contributed by atoms with van der Waals surface area (Å²) in [5, 5.41) is 3.38. The lowest BCUT2D eigenvalue weighted by Gasteiger charge is -2.41. The van der Waals surface area contributed by atoms with Crippen molar-refractivity contribution >= 4 is 5.91 Å². The molecule has 1 saturated carbocycles. The lowest BCUT2D eigenvalue weighted by molar-refractivity contribution is -0.146. The van der Waals surface area contributed by atoms with Gasteiger partial charge in [0, 0.05) is 12.6 Å². The van der Waals surface area contributed by atoms with Gasteiger partial charge in [0.2, 0.25) is 5.91 Å². The van der Waals surface area contributed by atoms with Crippen molar-refractivity contribution in [1.29, 1.82) is 0 Å². The highest BCUT2D eigenvalue weighted by Gasteiger charge is 2.42. The average Bonchev–Trinajstić information content (AvgIpc) is 2.94. The first-order valence-electron chi connectivity index (χ1n) is 7.75. The molecular weight excluding hydrogens is 224 g/mol. The van der Waals surface area contributed by atoms with Crippen molar-refractivity contribution in [2.24, 2.45) is 5.41 Å². The van der Waals surface area contributed by atoms with Crippen LogP contribution in [0.3, 0.4) is 0 Å². The van der Waals surface area contributed by atoms with Crippen LogP contribution in [0.4, 0.5) is 0 Å². The number of hydrogen-bond acceptors (Lipinski definition) is 2. The number of hydrogen-bond donors (Lipinski definition) is 1. The highest BCUT2D eigenvalue weighted by molar-refractivity contribution is 5.83. The lowest BCUT2D eigenvalue weighted by atomic mass is 9.75. The van der Waals surface area contributed by atoms with Crippen LogP contribution in [0.1, 0.15) is 58.8 Å². The third kappa shape index (κ3) is 2.56. The molecule has 2 aliphatic rings. The van der Waals surface area contributed by atoms with Crippen LogP contribution in [0.15, 0.2) is 0 Å². The highest BCUT2D eigenvalue weighted by Crippen LogP contribution is 2.37. The van der Waals surface area contributed by atoms with E-state index in [0.717, 1.165) is 38.9 Å². The van der Waals surface area contributed by atoms with Crippen LogP contribution in [-0.2, 0) is 4.79 Å². The van der Waals surface area contributed by atoms with Crippen molar-refractivity contribution in [2.75, 3.05) is 19.6 Å². The molecule has 0 aromatic carbocycles. The van der Waals surface area contributed by atoms with Gasteiger partial charge in [-0.1, -0.05) is 19.8 Å². The van der Waals surface area contributed by atoms with E-state index in [9.17, 15) is 4.79 Å². The monoisotopic (exact) mass is 252 g/mol. The third-order valence-corrected chi connectivity index (χ3v) is 5.06. The molecule has 3 nitrogen and oxygen atoms in total. The number of rotatable bonds is 4. The predicted octanol–water partition coefficient (Wildman–Crippen LogP) is 2.56. The molecule has 0 aromatic heterocycles. The molecule has 1 N–H and O–H groups in total. The summed E-state index contributed by atoms with van der Waals surface area (Å²) in [6, 6.07) is 0.529. The minimum atomic E-state index is -0.0656. The number of carbonyl (C=O) groups is 1. The topological polar surface area (TPSA) is 32.3 Å². The summed E-state index contributed by atoms with van der Waals surface area (Å²) in [7, 11) is 0. The van der Waals surface area contributed by atoms with Crippen molar-refractivity contribution in [2.45, 2.75) is 64.8 Å². The largest absolute Gasteiger partial charge is 0.340 e. The van der Waals surface area contributed by atoms with Gasteiger partial charge >= 0.3 is 0 Å². The summed E-state index contributed by atoms with van der Waals surface area (Å²) in [6.45, 7) is 7.22. The van der Waals surface area contributed by atoms with E-state index < -0.39 is 0 Å². The van der Waals surface area contributed by atoms with Crippen molar-refractivity contribution in [1.82, 2.24) is 10.2 Å². The highest BCUT2D eigenvalue weighted by atomic mass is 16.2. The fraction of sp³-hybridized carbons (Fsp3) is 0.933. The van der Waals surface area contributed by atoms with E-state index in [0.29, 0.717) is 11.9 Å². The fourth-order valence-electron chi connectivity index (χ4n) is 3.71. The van der Waals surface area contributed by atoms with Crippen molar-refractivity contribution in [3.05, 3.63) is 0 Å². The third-order valence-electron chi connectivity index (χ3n) is 5.06. The first-order chi connectivity index (χ1) is 8.73. The molecule has 1 aliphatic heterocycles. The summed E-state index contributed by atoms with van der Waals surface area (Å²) in [5.41, 5.74) is -0.0656. The Hall–Kier alpha value is -0.570. The first-order valence-corrected chi connectivity index (χ1v) is 7.75. The Balaban J connectivity index is 2.10. The van der Waals surface area contributed by atoms with Crippen LogP contribution < -0.4 is 5.32 Å². The Morgan fingerprint density at radius 1 is 1.22 bits per heavy atom. The number of nitrogens with zero attached hydrogens (tertiary/aromatic N) is 1. The van der Waals surface area contributed by atoms with Gasteiger partial charge in [-0.25, -0.2) is 0 Å². The summed E-state index contributed by atoms with van der Waals surface area (Å²) < 4.78 is 0. The molecule has 0 atom stereocenters. The van der Waals surface area contributed by atoms with E-state index in [1.54, 1.807) is 0 Å². The zero-order chi connectivity index (χ0) is 13.0. The number of amides is 1. The van der Waals surface area contributed by atoms with Crippen molar-refractivity contribution in [3.63, 3.8) is 0 Å². The minimum Gasteiger partial charge on any atom is -0.340 e. The van der Waals surface area contributed by atoms with Gasteiger partial charge in [-0.15, -0.1) is 0 Å². The van der Waals surface area contributed by atoms with Crippen LogP contribution in [0.25, 0.3) is 0 Å². The van der Waals surface area contributed by atoms with Crippen LogP contribution >= 0.6 is 0 Å². The maximum atomic E-state index is 13.0. The Kier molecular flexibility index (Phi) is 4.66. The second kappa shape index (κ2) is 6.05. The smallest absolute Gasteiger partial charge is 0.229 e. The fourth-order valence-corrected chi connectivity index (χ4v) is 3.71. The number of carbonyl (C=O) groups excluding carboxylic acids is 1. The average molecular weight is 252 g/mol. The molecule has 1 aliphatic carbocycles. The van der Waals surface area contributed by atoms with Crippen molar-refractivity contribution in [3.8, 4) is 0 Å². The predicted molar refractivity (Wildman–Crippen MR) is 74.5 cm³/mol. The summed E-state index contributed by atoms with van der Waals surface area (Å²) in [6.07, 6.45) is 8.08. The van der Waals surface area contributed by atoms with Crippen molar-refractivity contribution < 1.29 is 4.79 Å². The van der Waals surface area contributed by atoms with E-state index in [-0.39, 0.29) is 5.41 Å². The van der Waals surface area contributed by atoms with Crippen LogP contribution in [0.5, 0.6) is 0 Å². The molecule has 0 spiro atoms. The maximum absolute atomic E-state index is 13.0. The standard InChI is InChI=1S/C15H28N2O/c1-3-15(9-11-16-12-10-15)14(18)17(4-2)13-7-5-6-8-13/h13,16H,3-12H2,1-2H3. The zero-order valence-corrected chi connectivity index (χ0v) is 12.0. The van der Waals surface area contributed by atoms with E-state index in [1.807, 2.05) is 0 Å².